The Balaban J connectivity index is 0. The second-order valence-corrected chi connectivity index (χ2v) is 8.48. The molecule has 0 unspecified atom stereocenters. The van der Waals surface area contributed by atoms with Crippen LogP contribution in [0.2, 0.25) is 0 Å². The van der Waals surface area contributed by atoms with E-state index in [4.69, 9.17) is 0 Å². The van der Waals surface area contributed by atoms with Gasteiger partial charge in [-0.2, -0.15) is 18.2 Å². The molecular weight excluding hydrogens is 412 g/mol. The molecule has 1 aliphatic rings. The SMILES string of the molecule is C1=CCC=C1.[F][Sb-]([F])([F])([F])([F])[F].[Fe+2].c1cc[cH-]c1. The van der Waals surface area contributed by atoms with E-state index < -0.39 is 19.5 Å². The summed E-state index contributed by atoms with van der Waals surface area (Å²) in [6.45, 7) is 0. The standard InChI is InChI=1S/C5H6.C5H5.6FH.Fe.Sb/c2*1-2-4-5-3-1;;;;;;;;/h1-4H,5H2;1-5H;6*1H;;/q;-1;;;;;;;+2;+5/p-6. The normalized spacial score (nSPS) is 16.1. The fraction of sp³-hybridized carbons (Fsp3) is 0.100. The van der Waals surface area contributed by atoms with Crippen LogP contribution >= 0.6 is 0 Å². The van der Waals surface area contributed by atoms with E-state index in [0.29, 0.717) is 0 Å². The molecule has 0 amide bonds. The Hall–Kier alpha value is -0.252. The summed E-state index contributed by atoms with van der Waals surface area (Å²) in [6.07, 6.45) is 9.50. The Morgan fingerprint density at radius 3 is 1.22 bits per heavy atom. The van der Waals surface area contributed by atoms with E-state index in [2.05, 4.69) is 24.3 Å². The summed E-state index contributed by atoms with van der Waals surface area (Å²) in [6, 6.07) is 10.0. The Labute approximate surface area is 114 Å². The second-order valence-electron chi connectivity index (χ2n) is 3.01. The molecule has 0 radical (unpaired) electrons. The predicted molar refractivity (Wildman–Crippen MR) is 57.3 cm³/mol. The van der Waals surface area contributed by atoms with Gasteiger partial charge in [0.15, 0.2) is 0 Å². The Bertz CT molecular complexity index is 323. The van der Waals surface area contributed by atoms with Gasteiger partial charge in [-0.1, -0.05) is 24.3 Å². The van der Waals surface area contributed by atoms with E-state index >= 15 is 0 Å². The van der Waals surface area contributed by atoms with E-state index in [1.54, 1.807) is 0 Å². The molecule has 0 aromatic heterocycles. The minimum Gasteiger partial charge on any atom is -0.214 e. The maximum absolute atomic E-state index is 11.2. The summed E-state index contributed by atoms with van der Waals surface area (Å²) in [5.74, 6) is 0. The van der Waals surface area contributed by atoms with Crippen molar-refractivity contribution in [2.75, 3.05) is 0 Å². The maximum atomic E-state index is 9.93. The zero-order valence-electron chi connectivity index (χ0n) is 8.97. The van der Waals surface area contributed by atoms with Crippen LogP contribution in [0.25, 0.3) is 0 Å². The van der Waals surface area contributed by atoms with Gasteiger partial charge < -0.3 is 0 Å². The summed E-state index contributed by atoms with van der Waals surface area (Å²) in [7, 11) is 0. The Morgan fingerprint density at radius 1 is 0.778 bits per heavy atom. The van der Waals surface area contributed by atoms with Crippen LogP contribution in [0.15, 0.2) is 54.6 Å². The molecule has 0 fully saturated rings. The number of halogens is 6. The van der Waals surface area contributed by atoms with Gasteiger partial charge in [-0.25, -0.2) is 12.1 Å². The average molecular weight is 423 g/mol. The minimum atomic E-state index is -11.2. The van der Waals surface area contributed by atoms with Gasteiger partial charge in [-0.3, -0.25) is 0 Å². The summed E-state index contributed by atoms with van der Waals surface area (Å²) in [5, 5.41) is 0. The minimum absolute atomic E-state index is 0. The molecule has 0 atom stereocenters. The topological polar surface area (TPSA) is 0 Å². The number of hydrogen-bond acceptors (Lipinski definition) is 0. The van der Waals surface area contributed by atoms with Gasteiger partial charge in [0.05, 0.1) is 0 Å². The molecule has 0 saturated heterocycles. The largest absolute Gasteiger partial charge is 2.00 e. The molecule has 0 bridgehead atoms. The maximum Gasteiger partial charge on any atom is 2.00 e. The molecule has 8 heteroatoms. The molecule has 0 N–H and O–H groups in total. The van der Waals surface area contributed by atoms with Crippen LogP contribution in [0.5, 0.6) is 0 Å². The van der Waals surface area contributed by atoms with Crippen molar-refractivity contribution >= 4 is 19.5 Å². The van der Waals surface area contributed by atoms with Gasteiger partial charge in [0.1, 0.15) is 0 Å². The molecular formula is C10H11F6FeSb. The first-order valence-electron chi connectivity index (χ1n) is 4.50. The molecule has 1 aliphatic carbocycles. The molecule has 0 spiro atoms. The van der Waals surface area contributed by atoms with E-state index in [9.17, 15) is 16.9 Å². The van der Waals surface area contributed by atoms with Gasteiger partial charge in [-0.05, 0) is 6.42 Å². The molecule has 1 aromatic rings. The van der Waals surface area contributed by atoms with Crippen LogP contribution < -0.4 is 0 Å². The van der Waals surface area contributed by atoms with Crippen molar-refractivity contribution in [2.45, 2.75) is 6.42 Å². The van der Waals surface area contributed by atoms with Crippen LogP contribution in [0.4, 0.5) is 16.9 Å². The van der Waals surface area contributed by atoms with Crippen LogP contribution in [0.1, 0.15) is 6.42 Å². The molecule has 1 aromatic carbocycles. The second kappa shape index (κ2) is 6.78. The Morgan fingerprint density at radius 2 is 1.11 bits per heavy atom. The van der Waals surface area contributed by atoms with E-state index in [1.165, 1.54) is 0 Å². The van der Waals surface area contributed by atoms with Crippen molar-refractivity contribution in [3.05, 3.63) is 54.6 Å². The van der Waals surface area contributed by atoms with Gasteiger partial charge in [-0.15, -0.1) is 0 Å². The van der Waals surface area contributed by atoms with E-state index in [-0.39, 0.29) is 17.1 Å². The third-order valence-electron chi connectivity index (χ3n) is 1.21. The molecule has 0 saturated carbocycles. The quantitative estimate of drug-likeness (QED) is 0.312. The first kappa shape index (κ1) is 20.1. The Kier molecular flexibility index (Phi) is 7.56. The zero-order valence-corrected chi connectivity index (χ0v) is 12.6. The number of allylic oxidation sites excluding steroid dienone is 4. The van der Waals surface area contributed by atoms with Crippen LogP contribution in [-0.4, -0.2) is 19.5 Å². The molecule has 2 rings (SSSR count). The van der Waals surface area contributed by atoms with Gasteiger partial charge >= 0.3 is 53.4 Å². The van der Waals surface area contributed by atoms with Crippen molar-refractivity contribution in [1.29, 1.82) is 0 Å². The summed E-state index contributed by atoms with van der Waals surface area (Å²) in [5.41, 5.74) is 0. The first-order chi connectivity index (χ1) is 7.45. The summed E-state index contributed by atoms with van der Waals surface area (Å²) >= 11 is -11.2. The van der Waals surface area contributed by atoms with Crippen molar-refractivity contribution < 1.29 is 33.9 Å². The van der Waals surface area contributed by atoms with E-state index in [1.807, 2.05) is 30.3 Å². The van der Waals surface area contributed by atoms with E-state index in [0.717, 1.165) is 6.42 Å². The molecule has 0 aliphatic heterocycles. The third kappa shape index (κ3) is 36.0. The van der Waals surface area contributed by atoms with Gasteiger partial charge in [0, 0.05) is 0 Å². The molecule has 0 nitrogen and oxygen atoms in total. The molecule has 18 heavy (non-hydrogen) atoms. The fourth-order valence-electron chi connectivity index (χ4n) is 0.714. The smallest absolute Gasteiger partial charge is 0.214 e. The van der Waals surface area contributed by atoms with Gasteiger partial charge in [0.25, 0.3) is 0 Å². The third-order valence-corrected chi connectivity index (χ3v) is 1.21. The van der Waals surface area contributed by atoms with Crippen molar-refractivity contribution in [3.63, 3.8) is 0 Å². The summed E-state index contributed by atoms with van der Waals surface area (Å²) < 4.78 is 59.6. The van der Waals surface area contributed by atoms with Crippen molar-refractivity contribution in [3.8, 4) is 0 Å². The number of hydrogen-bond donors (Lipinski definition) is 0. The first-order valence-corrected chi connectivity index (χ1v) is 10.3. The molecule has 106 valence electrons. The van der Waals surface area contributed by atoms with Crippen LogP contribution in [0, 0.1) is 0 Å². The number of rotatable bonds is 0. The van der Waals surface area contributed by atoms with Gasteiger partial charge in [0.2, 0.25) is 0 Å². The summed E-state index contributed by atoms with van der Waals surface area (Å²) in [4.78, 5) is 0. The van der Waals surface area contributed by atoms with Crippen LogP contribution in [-0.2, 0) is 17.1 Å². The van der Waals surface area contributed by atoms with Crippen molar-refractivity contribution in [2.24, 2.45) is 0 Å². The van der Waals surface area contributed by atoms with Crippen molar-refractivity contribution in [1.82, 2.24) is 0 Å². The van der Waals surface area contributed by atoms with Crippen LogP contribution in [0.3, 0.4) is 0 Å². The zero-order chi connectivity index (χ0) is 13.5. The average Bonchev–Trinajstić information content (AvgIpc) is 2.78. The molecule has 0 heterocycles. The fourth-order valence-corrected chi connectivity index (χ4v) is 0.714. The monoisotopic (exact) mass is 422 g/mol. The predicted octanol–water partition coefficient (Wildman–Crippen LogP) is 5.05.